The fourth-order valence-electron chi connectivity index (χ4n) is 2.17. The molecule has 0 aromatic heterocycles. The first kappa shape index (κ1) is 14.9. The summed E-state index contributed by atoms with van der Waals surface area (Å²) in [5.74, 6) is 0.0645. The number of urea groups is 1. The Kier molecular flexibility index (Phi) is 6.07. The van der Waals surface area contributed by atoms with Crippen LogP contribution in [0.2, 0.25) is 0 Å². The molecule has 0 bridgehead atoms. The van der Waals surface area contributed by atoms with Gasteiger partial charge < -0.3 is 15.7 Å². The third-order valence-electron chi connectivity index (χ3n) is 3.32. The maximum absolute atomic E-state index is 11.6. The number of amides is 3. The number of nitrogens with one attached hydrogen (secondary N) is 3. The van der Waals surface area contributed by atoms with Crippen LogP contribution in [0.4, 0.5) is 4.79 Å². The van der Waals surface area contributed by atoms with Gasteiger partial charge in [0.05, 0.1) is 12.1 Å². The second-order valence-corrected chi connectivity index (χ2v) is 4.88. The van der Waals surface area contributed by atoms with E-state index >= 15 is 0 Å². The van der Waals surface area contributed by atoms with E-state index in [0.717, 1.165) is 25.7 Å². The van der Waals surface area contributed by atoms with Crippen LogP contribution in [0.25, 0.3) is 0 Å². The Balaban J connectivity index is 2.25. The molecule has 18 heavy (non-hydrogen) atoms. The van der Waals surface area contributed by atoms with Crippen molar-refractivity contribution in [3.8, 4) is 0 Å². The molecule has 1 fully saturated rings. The summed E-state index contributed by atoms with van der Waals surface area (Å²) in [7, 11) is 1.46. The second kappa shape index (κ2) is 7.33. The van der Waals surface area contributed by atoms with Crippen LogP contribution in [0.1, 0.15) is 32.6 Å². The van der Waals surface area contributed by atoms with Crippen LogP contribution >= 0.6 is 0 Å². The maximum atomic E-state index is 11.6. The number of imide groups is 1. The molecule has 4 N–H and O–H groups in total. The summed E-state index contributed by atoms with van der Waals surface area (Å²) < 4.78 is 0. The number of hydrogen-bond acceptors (Lipinski definition) is 4. The van der Waals surface area contributed by atoms with Crippen LogP contribution < -0.4 is 16.0 Å². The highest BCUT2D eigenvalue weighted by molar-refractivity contribution is 5.96. The van der Waals surface area contributed by atoms with Gasteiger partial charge in [-0.2, -0.15) is 0 Å². The van der Waals surface area contributed by atoms with Crippen molar-refractivity contribution in [1.29, 1.82) is 0 Å². The van der Waals surface area contributed by atoms with E-state index in [9.17, 15) is 14.7 Å². The quantitative estimate of drug-likeness (QED) is 0.569. The molecule has 1 aliphatic carbocycles. The average Bonchev–Trinajstić information content (AvgIpc) is 2.35. The molecule has 3 unspecified atom stereocenters. The molecule has 6 heteroatoms. The van der Waals surface area contributed by atoms with Gasteiger partial charge in [-0.15, -0.1) is 0 Å². The summed E-state index contributed by atoms with van der Waals surface area (Å²) in [5, 5.41) is 17.2. The van der Waals surface area contributed by atoms with E-state index < -0.39 is 12.1 Å². The van der Waals surface area contributed by atoms with Crippen LogP contribution in [0.3, 0.4) is 0 Å². The zero-order valence-corrected chi connectivity index (χ0v) is 11.0. The lowest BCUT2D eigenvalue weighted by molar-refractivity contribution is -0.121. The summed E-state index contributed by atoms with van der Waals surface area (Å²) in [6.07, 6.45) is 3.57. The molecule has 0 heterocycles. The predicted molar refractivity (Wildman–Crippen MR) is 68.0 cm³/mol. The lowest BCUT2D eigenvalue weighted by Crippen LogP contribution is -2.48. The highest BCUT2D eigenvalue weighted by atomic mass is 16.3. The normalized spacial score (nSPS) is 25.3. The molecule has 0 saturated heterocycles. The molecule has 0 aromatic rings. The van der Waals surface area contributed by atoms with Crippen molar-refractivity contribution >= 4 is 11.9 Å². The summed E-state index contributed by atoms with van der Waals surface area (Å²) in [5.41, 5.74) is 0. The Bertz CT molecular complexity index is 296. The van der Waals surface area contributed by atoms with Gasteiger partial charge in [-0.25, -0.2) is 4.79 Å². The molecule has 0 spiro atoms. The number of carbonyl (C=O) groups excluding carboxylic acids is 2. The maximum Gasteiger partial charge on any atom is 0.321 e. The Morgan fingerprint density at radius 2 is 2.11 bits per heavy atom. The molecule has 6 nitrogen and oxygen atoms in total. The van der Waals surface area contributed by atoms with Gasteiger partial charge in [0, 0.05) is 7.05 Å². The summed E-state index contributed by atoms with van der Waals surface area (Å²) in [4.78, 5) is 22.5. The minimum absolute atomic E-state index is 0.208. The fraction of sp³-hybridized carbons (Fsp3) is 0.833. The largest absolute Gasteiger partial charge is 0.393 e. The van der Waals surface area contributed by atoms with Crippen molar-refractivity contribution in [3.05, 3.63) is 0 Å². The predicted octanol–water partition coefficient (Wildman–Crippen LogP) is -0.0288. The monoisotopic (exact) mass is 257 g/mol. The van der Waals surface area contributed by atoms with Crippen LogP contribution in [0.15, 0.2) is 0 Å². The molecular formula is C12H23N3O3. The summed E-state index contributed by atoms with van der Waals surface area (Å²) in [6.45, 7) is 2.41. The Hall–Kier alpha value is -1.14. The third-order valence-corrected chi connectivity index (χ3v) is 3.32. The number of hydrogen-bond donors (Lipinski definition) is 4. The average molecular weight is 257 g/mol. The fourth-order valence-corrected chi connectivity index (χ4v) is 2.17. The van der Waals surface area contributed by atoms with E-state index in [1.165, 1.54) is 7.05 Å². The van der Waals surface area contributed by atoms with E-state index in [2.05, 4.69) is 16.0 Å². The first-order valence-corrected chi connectivity index (χ1v) is 6.47. The Morgan fingerprint density at radius 3 is 2.72 bits per heavy atom. The van der Waals surface area contributed by atoms with Crippen molar-refractivity contribution in [1.82, 2.24) is 16.0 Å². The molecule has 3 amide bonds. The Labute approximate surface area is 108 Å². The molecule has 1 saturated carbocycles. The van der Waals surface area contributed by atoms with E-state index in [1.807, 2.05) is 0 Å². The van der Waals surface area contributed by atoms with Gasteiger partial charge in [0.15, 0.2) is 0 Å². The van der Waals surface area contributed by atoms with Gasteiger partial charge in [0.25, 0.3) is 0 Å². The number of aliphatic hydroxyl groups excluding tert-OH is 1. The minimum Gasteiger partial charge on any atom is -0.393 e. The molecule has 104 valence electrons. The van der Waals surface area contributed by atoms with Gasteiger partial charge in [0.2, 0.25) is 5.91 Å². The molecule has 0 aliphatic heterocycles. The number of carbonyl (C=O) groups is 2. The molecule has 1 rings (SSSR count). The van der Waals surface area contributed by atoms with Crippen LogP contribution in [0.5, 0.6) is 0 Å². The first-order valence-electron chi connectivity index (χ1n) is 6.47. The van der Waals surface area contributed by atoms with Gasteiger partial charge in [-0.05, 0) is 38.6 Å². The van der Waals surface area contributed by atoms with Gasteiger partial charge in [-0.3, -0.25) is 10.1 Å². The van der Waals surface area contributed by atoms with Gasteiger partial charge in [-0.1, -0.05) is 6.42 Å². The van der Waals surface area contributed by atoms with Crippen molar-refractivity contribution in [3.63, 3.8) is 0 Å². The summed E-state index contributed by atoms with van der Waals surface area (Å²) >= 11 is 0. The SMILES string of the molecule is CNC(=O)NC(=O)C(C)NCC1CCCC(O)C1. The topological polar surface area (TPSA) is 90.5 Å². The third kappa shape index (κ3) is 5.01. The standard InChI is InChI=1S/C12H23N3O3/c1-8(11(17)15-12(18)13-2)14-7-9-4-3-5-10(16)6-9/h8-10,14,16H,3-7H2,1-2H3,(H2,13,15,17,18). The zero-order valence-electron chi connectivity index (χ0n) is 11.0. The highest BCUT2D eigenvalue weighted by Gasteiger charge is 2.22. The zero-order chi connectivity index (χ0) is 13.5. The van der Waals surface area contributed by atoms with E-state index in [-0.39, 0.29) is 12.0 Å². The lowest BCUT2D eigenvalue weighted by atomic mass is 9.87. The van der Waals surface area contributed by atoms with E-state index in [1.54, 1.807) is 6.92 Å². The highest BCUT2D eigenvalue weighted by Crippen LogP contribution is 2.23. The van der Waals surface area contributed by atoms with Crippen LogP contribution in [0, 0.1) is 5.92 Å². The molecule has 1 aliphatic rings. The molecule has 0 aromatic carbocycles. The van der Waals surface area contributed by atoms with Crippen molar-refractivity contribution in [2.24, 2.45) is 5.92 Å². The second-order valence-electron chi connectivity index (χ2n) is 4.88. The molecule has 3 atom stereocenters. The van der Waals surface area contributed by atoms with Crippen LogP contribution in [-0.2, 0) is 4.79 Å². The van der Waals surface area contributed by atoms with Crippen LogP contribution in [-0.4, -0.2) is 42.8 Å². The lowest BCUT2D eigenvalue weighted by Gasteiger charge is -2.27. The molecule has 0 radical (unpaired) electrons. The van der Waals surface area contributed by atoms with E-state index in [0.29, 0.717) is 12.5 Å². The number of aliphatic hydroxyl groups is 1. The minimum atomic E-state index is -0.498. The van der Waals surface area contributed by atoms with E-state index in [4.69, 9.17) is 0 Å². The van der Waals surface area contributed by atoms with Gasteiger partial charge in [0.1, 0.15) is 0 Å². The van der Waals surface area contributed by atoms with Gasteiger partial charge >= 0.3 is 6.03 Å². The summed E-state index contributed by atoms with van der Waals surface area (Å²) in [6, 6.07) is -0.914. The van der Waals surface area contributed by atoms with Crippen molar-refractivity contribution in [2.75, 3.05) is 13.6 Å². The number of rotatable bonds is 4. The van der Waals surface area contributed by atoms with Crippen molar-refractivity contribution in [2.45, 2.75) is 44.8 Å². The first-order chi connectivity index (χ1) is 8.52. The Morgan fingerprint density at radius 1 is 1.39 bits per heavy atom. The smallest absolute Gasteiger partial charge is 0.321 e. The molecular weight excluding hydrogens is 234 g/mol. The van der Waals surface area contributed by atoms with Crippen molar-refractivity contribution < 1.29 is 14.7 Å².